The maximum Gasteiger partial charge on any atom is 0.416 e. The largest absolute Gasteiger partial charge is 0.416 e. The predicted molar refractivity (Wildman–Crippen MR) is 74.7 cm³/mol. The Labute approximate surface area is 118 Å². The topological polar surface area (TPSA) is 6.48 Å². The van der Waals surface area contributed by atoms with Gasteiger partial charge in [-0.15, -0.1) is 0 Å². The molecule has 0 saturated carbocycles. The maximum atomic E-state index is 12.7. The monoisotopic (exact) mass is 285 g/mol. The summed E-state index contributed by atoms with van der Waals surface area (Å²) in [7, 11) is 0. The SMILES string of the molecule is [CH2]CCCN1CCN(c2cccc(C(F)(F)F)c2)CC1. The quantitative estimate of drug-likeness (QED) is 0.836. The van der Waals surface area contributed by atoms with Crippen molar-refractivity contribution in [1.29, 1.82) is 0 Å². The van der Waals surface area contributed by atoms with Crippen LogP contribution in [0.2, 0.25) is 0 Å². The van der Waals surface area contributed by atoms with Crippen LogP contribution in [0.3, 0.4) is 0 Å². The molecule has 1 aromatic carbocycles. The summed E-state index contributed by atoms with van der Waals surface area (Å²) >= 11 is 0. The van der Waals surface area contributed by atoms with Crippen molar-refractivity contribution >= 4 is 5.69 Å². The minimum absolute atomic E-state index is 0.575. The van der Waals surface area contributed by atoms with E-state index in [0.29, 0.717) is 5.69 Å². The van der Waals surface area contributed by atoms with Gasteiger partial charge in [-0.2, -0.15) is 13.2 Å². The number of nitrogens with zero attached hydrogens (tertiary/aromatic N) is 2. The van der Waals surface area contributed by atoms with Crippen LogP contribution in [0.25, 0.3) is 0 Å². The van der Waals surface area contributed by atoms with Crippen molar-refractivity contribution < 1.29 is 13.2 Å². The van der Waals surface area contributed by atoms with Crippen LogP contribution in [0.5, 0.6) is 0 Å². The second-order valence-electron chi connectivity index (χ2n) is 5.08. The number of hydrogen-bond donors (Lipinski definition) is 0. The molecule has 0 bridgehead atoms. The van der Waals surface area contributed by atoms with E-state index in [9.17, 15) is 13.2 Å². The zero-order valence-corrected chi connectivity index (χ0v) is 11.5. The van der Waals surface area contributed by atoms with Crippen molar-refractivity contribution in [3.8, 4) is 0 Å². The average Bonchev–Trinajstić information content (AvgIpc) is 2.45. The maximum absolute atomic E-state index is 12.7. The Morgan fingerprint density at radius 3 is 2.40 bits per heavy atom. The second-order valence-corrected chi connectivity index (χ2v) is 5.08. The third-order valence-electron chi connectivity index (χ3n) is 3.64. The molecule has 0 aliphatic carbocycles. The fourth-order valence-electron chi connectivity index (χ4n) is 2.44. The molecule has 20 heavy (non-hydrogen) atoms. The summed E-state index contributed by atoms with van der Waals surface area (Å²) < 4.78 is 38.1. The van der Waals surface area contributed by atoms with Gasteiger partial charge < -0.3 is 4.90 Å². The van der Waals surface area contributed by atoms with Gasteiger partial charge in [0.2, 0.25) is 0 Å². The number of benzene rings is 1. The first-order valence-electron chi connectivity index (χ1n) is 6.94. The van der Waals surface area contributed by atoms with Crippen molar-refractivity contribution in [2.45, 2.75) is 19.0 Å². The molecule has 2 nitrogen and oxygen atoms in total. The number of unbranched alkanes of at least 4 members (excludes halogenated alkanes) is 1. The highest BCUT2D eigenvalue weighted by molar-refractivity contribution is 5.49. The Kier molecular flexibility index (Phi) is 4.91. The molecule has 1 heterocycles. The van der Waals surface area contributed by atoms with Gasteiger partial charge in [0.1, 0.15) is 0 Å². The Morgan fingerprint density at radius 2 is 1.80 bits per heavy atom. The fourth-order valence-corrected chi connectivity index (χ4v) is 2.44. The van der Waals surface area contributed by atoms with E-state index in [4.69, 9.17) is 0 Å². The van der Waals surface area contributed by atoms with Gasteiger partial charge in [-0.1, -0.05) is 19.4 Å². The Balaban J connectivity index is 1.97. The summed E-state index contributed by atoms with van der Waals surface area (Å²) in [5.41, 5.74) is 0.0890. The van der Waals surface area contributed by atoms with Crippen LogP contribution in [-0.2, 0) is 6.18 Å². The molecule has 1 fully saturated rings. The molecular formula is C15H20F3N2. The summed E-state index contributed by atoms with van der Waals surface area (Å²) in [5, 5.41) is 0. The molecule has 1 aromatic rings. The lowest BCUT2D eigenvalue weighted by Crippen LogP contribution is -2.46. The van der Waals surface area contributed by atoms with Crippen molar-refractivity contribution in [2.75, 3.05) is 37.6 Å². The summed E-state index contributed by atoms with van der Waals surface area (Å²) in [6, 6.07) is 5.59. The van der Waals surface area contributed by atoms with Gasteiger partial charge in [-0.05, 0) is 31.2 Å². The third kappa shape index (κ3) is 3.88. The van der Waals surface area contributed by atoms with Gasteiger partial charge in [0.05, 0.1) is 5.56 Å². The van der Waals surface area contributed by atoms with Gasteiger partial charge >= 0.3 is 6.18 Å². The lowest BCUT2D eigenvalue weighted by Gasteiger charge is -2.36. The first kappa shape index (κ1) is 15.2. The van der Waals surface area contributed by atoms with Crippen molar-refractivity contribution in [2.24, 2.45) is 0 Å². The number of rotatable bonds is 4. The van der Waals surface area contributed by atoms with Crippen LogP contribution >= 0.6 is 0 Å². The molecule has 0 N–H and O–H groups in total. The molecule has 111 valence electrons. The molecule has 0 atom stereocenters. The van der Waals surface area contributed by atoms with Crippen LogP contribution in [0.4, 0.5) is 18.9 Å². The van der Waals surface area contributed by atoms with Gasteiger partial charge in [-0.25, -0.2) is 0 Å². The second kappa shape index (κ2) is 6.48. The van der Waals surface area contributed by atoms with E-state index in [1.165, 1.54) is 12.1 Å². The highest BCUT2D eigenvalue weighted by Gasteiger charge is 2.31. The molecule has 1 aliphatic rings. The number of anilines is 1. The van der Waals surface area contributed by atoms with E-state index < -0.39 is 11.7 Å². The van der Waals surface area contributed by atoms with E-state index in [1.807, 2.05) is 4.90 Å². The van der Waals surface area contributed by atoms with Crippen LogP contribution in [0.15, 0.2) is 24.3 Å². The smallest absolute Gasteiger partial charge is 0.369 e. The first-order valence-corrected chi connectivity index (χ1v) is 6.94. The fraction of sp³-hybridized carbons (Fsp3) is 0.533. The highest BCUT2D eigenvalue weighted by Crippen LogP contribution is 2.31. The van der Waals surface area contributed by atoms with E-state index in [2.05, 4.69) is 11.8 Å². The molecule has 0 spiro atoms. The Morgan fingerprint density at radius 1 is 1.10 bits per heavy atom. The number of hydrogen-bond acceptors (Lipinski definition) is 2. The molecule has 0 unspecified atom stereocenters. The minimum atomic E-state index is -4.27. The van der Waals surface area contributed by atoms with E-state index >= 15 is 0 Å². The van der Waals surface area contributed by atoms with Crippen molar-refractivity contribution in [3.63, 3.8) is 0 Å². The van der Waals surface area contributed by atoms with Crippen LogP contribution in [0.1, 0.15) is 18.4 Å². The first-order chi connectivity index (χ1) is 9.50. The molecule has 2 rings (SSSR count). The molecule has 0 amide bonds. The average molecular weight is 285 g/mol. The number of halogens is 3. The van der Waals surface area contributed by atoms with Gasteiger partial charge in [0.15, 0.2) is 0 Å². The Bertz CT molecular complexity index is 423. The normalized spacial score (nSPS) is 17.5. The lowest BCUT2D eigenvalue weighted by atomic mass is 10.1. The van der Waals surface area contributed by atoms with Gasteiger partial charge in [-0.3, -0.25) is 4.90 Å². The van der Waals surface area contributed by atoms with Crippen molar-refractivity contribution in [3.05, 3.63) is 36.8 Å². The number of piperazine rings is 1. The van der Waals surface area contributed by atoms with Crippen molar-refractivity contribution in [1.82, 2.24) is 4.90 Å². The van der Waals surface area contributed by atoms with E-state index in [-0.39, 0.29) is 0 Å². The Hall–Kier alpha value is -1.23. The standard InChI is InChI=1S/C15H20F3N2/c1-2-3-7-19-8-10-20(11-9-19)14-6-4-5-13(12-14)15(16,17)18/h4-6,12H,1-3,7-11H2. The molecule has 0 aromatic heterocycles. The summed E-state index contributed by atoms with van der Waals surface area (Å²) in [4.78, 5) is 4.37. The lowest BCUT2D eigenvalue weighted by molar-refractivity contribution is -0.137. The van der Waals surface area contributed by atoms with Gasteiger partial charge in [0, 0.05) is 31.9 Å². The zero-order chi connectivity index (χ0) is 14.6. The summed E-state index contributed by atoms with van der Waals surface area (Å²) in [6.07, 6.45) is -2.27. The zero-order valence-electron chi connectivity index (χ0n) is 11.5. The number of alkyl halides is 3. The van der Waals surface area contributed by atoms with E-state index in [1.54, 1.807) is 6.07 Å². The molecule has 1 radical (unpaired) electrons. The highest BCUT2D eigenvalue weighted by atomic mass is 19.4. The van der Waals surface area contributed by atoms with Crippen LogP contribution < -0.4 is 4.90 Å². The summed E-state index contributed by atoms with van der Waals surface area (Å²) in [5.74, 6) is 0. The molecule has 1 saturated heterocycles. The molecule has 5 heteroatoms. The molecular weight excluding hydrogens is 265 g/mol. The summed E-state index contributed by atoms with van der Waals surface area (Å²) in [6.45, 7) is 8.20. The third-order valence-corrected chi connectivity index (χ3v) is 3.64. The van der Waals surface area contributed by atoms with Crippen LogP contribution in [-0.4, -0.2) is 37.6 Å². The van der Waals surface area contributed by atoms with E-state index in [0.717, 1.165) is 51.6 Å². The van der Waals surface area contributed by atoms with Crippen LogP contribution in [0, 0.1) is 6.92 Å². The van der Waals surface area contributed by atoms with Gasteiger partial charge in [0.25, 0.3) is 0 Å². The molecule has 1 aliphatic heterocycles. The predicted octanol–water partition coefficient (Wildman–Crippen LogP) is 3.44. The minimum Gasteiger partial charge on any atom is -0.369 e.